The molecule has 1 amide bonds. The summed E-state index contributed by atoms with van der Waals surface area (Å²) in [4.78, 5) is 16.8. The minimum absolute atomic E-state index is 0. The van der Waals surface area contributed by atoms with Crippen molar-refractivity contribution in [1.82, 2.24) is 16.0 Å². The molecule has 2 aromatic rings. The summed E-state index contributed by atoms with van der Waals surface area (Å²) in [5.41, 5.74) is 2.16. The van der Waals surface area contributed by atoms with Crippen LogP contribution >= 0.6 is 24.0 Å². The number of hydrogen-bond donors (Lipinski definition) is 3. The quantitative estimate of drug-likeness (QED) is 0.186. The Balaban J connectivity index is 0.00000385. The molecule has 9 heteroatoms. The fraction of sp³-hybridized carbons (Fsp3) is 0.417. The molecule has 1 aliphatic rings. The number of guanidine groups is 1. The molecular weight excluding hydrogens is 538 g/mol. The van der Waals surface area contributed by atoms with Gasteiger partial charge in [-0.1, -0.05) is 24.3 Å². The largest absolute Gasteiger partial charge is 0.488 e. The second-order valence-electron chi connectivity index (χ2n) is 7.57. The Morgan fingerprint density at radius 1 is 1.18 bits per heavy atom. The Hall–Kier alpha value is -2.40. The van der Waals surface area contributed by atoms with E-state index >= 15 is 0 Å². The lowest BCUT2D eigenvalue weighted by Gasteiger charge is -2.16. The number of aliphatic imine (C=N–C) groups is 1. The van der Waals surface area contributed by atoms with Crippen LogP contribution in [0.1, 0.15) is 34.8 Å². The van der Waals surface area contributed by atoms with Gasteiger partial charge in [0.2, 0.25) is 0 Å². The molecular formula is C24H32FIN4O3. The van der Waals surface area contributed by atoms with Crippen LogP contribution in [0.5, 0.6) is 5.75 Å². The molecule has 1 heterocycles. The zero-order valence-corrected chi connectivity index (χ0v) is 21.4. The van der Waals surface area contributed by atoms with E-state index in [4.69, 9.17) is 9.47 Å². The van der Waals surface area contributed by atoms with Crippen LogP contribution in [0.4, 0.5) is 4.39 Å². The first-order valence-corrected chi connectivity index (χ1v) is 11.0. The number of aryl methyl sites for hydroxylation is 1. The molecule has 0 aliphatic carbocycles. The first-order chi connectivity index (χ1) is 15.6. The van der Waals surface area contributed by atoms with Gasteiger partial charge in [0.25, 0.3) is 5.91 Å². The molecule has 1 atom stereocenters. The summed E-state index contributed by atoms with van der Waals surface area (Å²) < 4.78 is 25.3. The number of nitrogens with one attached hydrogen (secondary N) is 3. The minimum Gasteiger partial charge on any atom is -0.488 e. The van der Waals surface area contributed by atoms with Crippen molar-refractivity contribution >= 4 is 35.8 Å². The molecule has 0 saturated carbocycles. The highest BCUT2D eigenvalue weighted by Gasteiger charge is 2.18. The first-order valence-electron chi connectivity index (χ1n) is 11.0. The molecule has 33 heavy (non-hydrogen) atoms. The predicted molar refractivity (Wildman–Crippen MR) is 138 cm³/mol. The Morgan fingerprint density at radius 3 is 2.70 bits per heavy atom. The SMILES string of the molecule is CCNC(=NCc1ccc(C)cc1OC1CCOC1)NCCNC(=O)c1ccccc1F.I. The number of nitrogens with zero attached hydrogens (tertiary/aromatic N) is 1. The van der Waals surface area contributed by atoms with Crippen LogP contribution in [0.3, 0.4) is 0 Å². The van der Waals surface area contributed by atoms with Crippen LogP contribution in [0.25, 0.3) is 0 Å². The first kappa shape index (κ1) is 26.8. The zero-order valence-electron chi connectivity index (χ0n) is 19.0. The van der Waals surface area contributed by atoms with Crippen molar-refractivity contribution in [1.29, 1.82) is 0 Å². The van der Waals surface area contributed by atoms with E-state index in [9.17, 15) is 9.18 Å². The fourth-order valence-corrected chi connectivity index (χ4v) is 3.29. The van der Waals surface area contributed by atoms with Crippen molar-refractivity contribution in [2.75, 3.05) is 32.8 Å². The summed E-state index contributed by atoms with van der Waals surface area (Å²) in [5, 5.41) is 9.09. The van der Waals surface area contributed by atoms with E-state index in [0.717, 1.165) is 29.9 Å². The van der Waals surface area contributed by atoms with E-state index in [2.05, 4.69) is 20.9 Å². The number of benzene rings is 2. The number of carbonyl (C=O) groups is 1. The van der Waals surface area contributed by atoms with Crippen LogP contribution in [0.15, 0.2) is 47.5 Å². The Kier molecular flexibility index (Phi) is 11.4. The molecule has 0 spiro atoms. The fourth-order valence-electron chi connectivity index (χ4n) is 3.29. The summed E-state index contributed by atoms with van der Waals surface area (Å²) in [5.74, 6) is 0.484. The van der Waals surface area contributed by atoms with Crippen molar-refractivity contribution in [3.05, 3.63) is 65.0 Å². The monoisotopic (exact) mass is 570 g/mol. The van der Waals surface area contributed by atoms with Gasteiger partial charge in [0, 0.05) is 31.6 Å². The number of rotatable bonds is 9. The Bertz CT molecular complexity index is 936. The zero-order chi connectivity index (χ0) is 22.8. The van der Waals surface area contributed by atoms with Crippen LogP contribution in [0, 0.1) is 12.7 Å². The summed E-state index contributed by atoms with van der Waals surface area (Å²) >= 11 is 0. The predicted octanol–water partition coefficient (Wildman–Crippen LogP) is 3.40. The summed E-state index contributed by atoms with van der Waals surface area (Å²) in [6.07, 6.45) is 0.961. The van der Waals surface area contributed by atoms with E-state index in [0.29, 0.717) is 38.7 Å². The van der Waals surface area contributed by atoms with Crippen LogP contribution < -0.4 is 20.7 Å². The van der Waals surface area contributed by atoms with Crippen LogP contribution in [0.2, 0.25) is 0 Å². The number of hydrogen-bond acceptors (Lipinski definition) is 4. The summed E-state index contributed by atoms with van der Waals surface area (Å²) in [6.45, 7) is 7.28. The third kappa shape index (κ3) is 8.47. The lowest BCUT2D eigenvalue weighted by Crippen LogP contribution is -2.41. The number of carbonyl (C=O) groups excluding carboxylic acids is 1. The van der Waals surface area contributed by atoms with Gasteiger partial charge in [-0.15, -0.1) is 24.0 Å². The average Bonchev–Trinajstić information content (AvgIpc) is 3.29. The number of halogens is 2. The van der Waals surface area contributed by atoms with Gasteiger partial charge in [0.15, 0.2) is 5.96 Å². The van der Waals surface area contributed by atoms with Gasteiger partial charge < -0.3 is 25.4 Å². The smallest absolute Gasteiger partial charge is 0.254 e. The van der Waals surface area contributed by atoms with E-state index in [-0.39, 0.29) is 35.6 Å². The molecule has 0 bridgehead atoms. The van der Waals surface area contributed by atoms with E-state index in [1.807, 2.05) is 32.0 Å². The third-order valence-corrected chi connectivity index (χ3v) is 4.98. The van der Waals surface area contributed by atoms with Crippen molar-refractivity contribution < 1.29 is 18.7 Å². The molecule has 0 aromatic heterocycles. The van der Waals surface area contributed by atoms with Crippen molar-refractivity contribution in [3.8, 4) is 5.75 Å². The van der Waals surface area contributed by atoms with Gasteiger partial charge in [0.05, 0.1) is 25.3 Å². The van der Waals surface area contributed by atoms with Crippen molar-refractivity contribution in [2.24, 2.45) is 4.99 Å². The molecule has 1 saturated heterocycles. The van der Waals surface area contributed by atoms with Crippen molar-refractivity contribution in [3.63, 3.8) is 0 Å². The minimum atomic E-state index is -0.534. The maximum absolute atomic E-state index is 13.7. The standard InChI is InChI=1S/C24H31FN4O3.HI/c1-3-26-24(28-12-11-27-23(30)20-6-4-5-7-21(20)25)29-15-18-9-8-17(2)14-22(18)32-19-10-13-31-16-19;/h4-9,14,19H,3,10-13,15-16H2,1-2H3,(H,27,30)(H2,26,28,29);1H. The lowest BCUT2D eigenvalue weighted by atomic mass is 10.1. The van der Waals surface area contributed by atoms with Gasteiger partial charge in [0.1, 0.15) is 17.7 Å². The second kappa shape index (κ2) is 14.0. The Labute approximate surface area is 211 Å². The number of amides is 1. The number of ether oxygens (including phenoxy) is 2. The van der Waals surface area contributed by atoms with E-state index < -0.39 is 11.7 Å². The molecule has 1 fully saturated rings. The van der Waals surface area contributed by atoms with Gasteiger partial charge in [-0.25, -0.2) is 9.38 Å². The molecule has 2 aromatic carbocycles. The maximum atomic E-state index is 13.7. The maximum Gasteiger partial charge on any atom is 0.254 e. The molecule has 0 radical (unpaired) electrons. The summed E-state index contributed by atoms with van der Waals surface area (Å²) in [6, 6.07) is 12.0. The van der Waals surface area contributed by atoms with E-state index in [1.54, 1.807) is 12.1 Å². The lowest BCUT2D eigenvalue weighted by molar-refractivity contribution is 0.0950. The summed E-state index contributed by atoms with van der Waals surface area (Å²) in [7, 11) is 0. The highest BCUT2D eigenvalue weighted by atomic mass is 127. The molecule has 1 aliphatic heterocycles. The normalized spacial score (nSPS) is 15.5. The average molecular weight is 570 g/mol. The molecule has 7 nitrogen and oxygen atoms in total. The molecule has 3 rings (SSSR count). The second-order valence-corrected chi connectivity index (χ2v) is 7.57. The van der Waals surface area contributed by atoms with Gasteiger partial charge in [-0.05, 0) is 37.6 Å². The van der Waals surface area contributed by atoms with Crippen LogP contribution in [-0.2, 0) is 11.3 Å². The molecule has 3 N–H and O–H groups in total. The third-order valence-electron chi connectivity index (χ3n) is 4.98. The van der Waals surface area contributed by atoms with Gasteiger partial charge in [-0.3, -0.25) is 4.79 Å². The topological polar surface area (TPSA) is 84.0 Å². The highest BCUT2D eigenvalue weighted by molar-refractivity contribution is 14.0. The van der Waals surface area contributed by atoms with Crippen LogP contribution in [-0.4, -0.2) is 50.8 Å². The Morgan fingerprint density at radius 2 is 1.97 bits per heavy atom. The highest BCUT2D eigenvalue weighted by Crippen LogP contribution is 2.24. The van der Waals surface area contributed by atoms with Gasteiger partial charge in [-0.2, -0.15) is 0 Å². The van der Waals surface area contributed by atoms with Crippen molar-refractivity contribution in [2.45, 2.75) is 32.9 Å². The van der Waals surface area contributed by atoms with Gasteiger partial charge >= 0.3 is 0 Å². The molecule has 1 unspecified atom stereocenters. The molecule has 180 valence electrons. The van der Waals surface area contributed by atoms with E-state index in [1.165, 1.54) is 12.1 Å².